The third-order valence-corrected chi connectivity index (χ3v) is 5.98. The lowest BCUT2D eigenvalue weighted by Crippen LogP contribution is -2.34. The average molecular weight is 456 g/mol. The van der Waals surface area contributed by atoms with E-state index in [1.54, 1.807) is 17.0 Å². The molecule has 29 heavy (non-hydrogen) atoms. The van der Waals surface area contributed by atoms with Crippen LogP contribution in [0.15, 0.2) is 36.4 Å². The van der Waals surface area contributed by atoms with Crippen LogP contribution in [0.25, 0.3) is 10.2 Å². The van der Waals surface area contributed by atoms with E-state index in [2.05, 4.69) is 4.90 Å². The molecule has 2 aromatic carbocycles. The number of fused-ring (bicyclic) bond motifs is 1. The number of benzene rings is 2. The molecule has 0 aliphatic rings. The smallest absolute Gasteiger partial charge is 0.233 e. The summed E-state index contributed by atoms with van der Waals surface area (Å²) in [7, 11) is 4.02. The lowest BCUT2D eigenvalue weighted by atomic mass is 10.1. The van der Waals surface area contributed by atoms with Gasteiger partial charge in [-0.3, -0.25) is 9.69 Å². The molecule has 3 rings (SSSR count). The molecule has 1 aromatic heterocycles. The standard InChI is InChI=1S/C21H23ClFN3OS.ClH/c1-14-17(22)9-10-18-20(14)24-21(28-18)26(12-4-11-25(2)3)19(27)13-15-5-7-16(23)8-6-15;/h5-10H,4,11-13H2,1-3H3;1H. The molecule has 0 radical (unpaired) electrons. The molecule has 0 aliphatic heterocycles. The Morgan fingerprint density at radius 1 is 1.14 bits per heavy atom. The highest BCUT2D eigenvalue weighted by atomic mass is 35.5. The van der Waals surface area contributed by atoms with Crippen LogP contribution < -0.4 is 4.90 Å². The van der Waals surface area contributed by atoms with Gasteiger partial charge in [0.1, 0.15) is 5.82 Å². The molecule has 156 valence electrons. The van der Waals surface area contributed by atoms with Crippen molar-refractivity contribution >= 4 is 56.6 Å². The first-order valence-corrected chi connectivity index (χ1v) is 10.3. The number of hydrogen-bond donors (Lipinski definition) is 0. The van der Waals surface area contributed by atoms with Gasteiger partial charge in [-0.1, -0.05) is 35.1 Å². The Balaban J connectivity index is 0.00000300. The molecule has 0 saturated heterocycles. The average Bonchev–Trinajstić information content (AvgIpc) is 3.08. The Bertz CT molecular complexity index is 976. The van der Waals surface area contributed by atoms with E-state index >= 15 is 0 Å². The summed E-state index contributed by atoms with van der Waals surface area (Å²) in [5.74, 6) is -0.356. The van der Waals surface area contributed by atoms with Crippen LogP contribution in [0.5, 0.6) is 0 Å². The van der Waals surface area contributed by atoms with E-state index in [-0.39, 0.29) is 30.6 Å². The molecule has 0 atom stereocenters. The summed E-state index contributed by atoms with van der Waals surface area (Å²) >= 11 is 7.72. The van der Waals surface area contributed by atoms with E-state index < -0.39 is 0 Å². The Morgan fingerprint density at radius 2 is 1.83 bits per heavy atom. The number of carbonyl (C=O) groups is 1. The molecule has 0 aliphatic carbocycles. The van der Waals surface area contributed by atoms with E-state index in [1.165, 1.54) is 23.5 Å². The van der Waals surface area contributed by atoms with Gasteiger partial charge in [-0.15, -0.1) is 12.4 Å². The molecule has 0 spiro atoms. The lowest BCUT2D eigenvalue weighted by molar-refractivity contribution is -0.118. The van der Waals surface area contributed by atoms with Crippen LogP contribution in [-0.4, -0.2) is 43.0 Å². The van der Waals surface area contributed by atoms with Crippen LogP contribution in [0.4, 0.5) is 9.52 Å². The van der Waals surface area contributed by atoms with Gasteiger partial charge in [0.05, 0.1) is 16.6 Å². The number of aryl methyl sites for hydroxylation is 1. The summed E-state index contributed by atoms with van der Waals surface area (Å²) in [5.41, 5.74) is 2.53. The second-order valence-corrected chi connectivity index (χ2v) is 8.44. The predicted molar refractivity (Wildman–Crippen MR) is 122 cm³/mol. The molecule has 1 heterocycles. The highest BCUT2D eigenvalue weighted by Crippen LogP contribution is 2.33. The second kappa shape index (κ2) is 10.3. The minimum absolute atomic E-state index is 0. The van der Waals surface area contributed by atoms with Crippen LogP contribution in [0.3, 0.4) is 0 Å². The van der Waals surface area contributed by atoms with Crippen molar-refractivity contribution in [2.75, 3.05) is 32.1 Å². The molecule has 0 bridgehead atoms. The number of aromatic nitrogens is 1. The van der Waals surface area contributed by atoms with Crippen molar-refractivity contribution in [3.8, 4) is 0 Å². The molecule has 4 nitrogen and oxygen atoms in total. The van der Waals surface area contributed by atoms with Crippen molar-refractivity contribution in [3.05, 3.63) is 58.4 Å². The molecular weight excluding hydrogens is 432 g/mol. The van der Waals surface area contributed by atoms with Crippen molar-refractivity contribution in [2.45, 2.75) is 19.8 Å². The van der Waals surface area contributed by atoms with Crippen molar-refractivity contribution in [1.29, 1.82) is 0 Å². The quantitative estimate of drug-likeness (QED) is 0.481. The topological polar surface area (TPSA) is 36.4 Å². The zero-order chi connectivity index (χ0) is 20.3. The summed E-state index contributed by atoms with van der Waals surface area (Å²) in [6, 6.07) is 9.84. The molecule has 0 saturated carbocycles. The predicted octanol–water partition coefficient (Wildman–Crippen LogP) is 5.35. The van der Waals surface area contributed by atoms with E-state index in [1.807, 2.05) is 33.2 Å². The van der Waals surface area contributed by atoms with Crippen molar-refractivity contribution in [1.82, 2.24) is 9.88 Å². The Hall–Kier alpha value is -1.73. The third-order valence-electron chi connectivity index (χ3n) is 4.52. The molecule has 8 heteroatoms. The number of rotatable bonds is 7. The van der Waals surface area contributed by atoms with E-state index in [0.717, 1.165) is 34.3 Å². The Labute approximate surface area is 185 Å². The van der Waals surface area contributed by atoms with Crippen LogP contribution in [-0.2, 0) is 11.2 Å². The Kier molecular flexibility index (Phi) is 8.40. The first-order chi connectivity index (χ1) is 13.3. The van der Waals surface area contributed by atoms with Gasteiger partial charge in [0, 0.05) is 11.6 Å². The molecule has 3 aromatic rings. The third kappa shape index (κ3) is 5.89. The van der Waals surface area contributed by atoms with Crippen molar-refractivity contribution in [3.63, 3.8) is 0 Å². The number of hydrogen-bond acceptors (Lipinski definition) is 4. The summed E-state index contributed by atoms with van der Waals surface area (Å²) < 4.78 is 14.2. The number of nitrogens with zero attached hydrogens (tertiary/aromatic N) is 3. The normalized spacial score (nSPS) is 11.0. The molecule has 0 N–H and O–H groups in total. The van der Waals surface area contributed by atoms with E-state index in [4.69, 9.17) is 16.6 Å². The largest absolute Gasteiger partial charge is 0.309 e. The van der Waals surface area contributed by atoms with Gasteiger partial charge in [-0.25, -0.2) is 9.37 Å². The zero-order valence-corrected chi connectivity index (χ0v) is 19.0. The molecule has 0 unspecified atom stereocenters. The maximum atomic E-state index is 13.2. The number of anilines is 1. The fourth-order valence-corrected chi connectivity index (χ4v) is 4.17. The minimum Gasteiger partial charge on any atom is -0.309 e. The molecular formula is C21H24Cl2FN3OS. The lowest BCUT2D eigenvalue weighted by Gasteiger charge is -2.21. The maximum Gasteiger partial charge on any atom is 0.233 e. The fraction of sp³-hybridized carbons (Fsp3) is 0.333. The fourth-order valence-electron chi connectivity index (χ4n) is 2.95. The highest BCUT2D eigenvalue weighted by molar-refractivity contribution is 7.22. The molecule has 1 amide bonds. The molecule has 0 fully saturated rings. The van der Waals surface area contributed by atoms with Crippen molar-refractivity contribution in [2.24, 2.45) is 0 Å². The number of thiazole rings is 1. The number of amides is 1. The van der Waals surface area contributed by atoms with Gasteiger partial charge in [-0.05, 0) is 69.4 Å². The van der Waals surface area contributed by atoms with Gasteiger partial charge >= 0.3 is 0 Å². The number of carbonyl (C=O) groups excluding carboxylic acids is 1. The van der Waals surface area contributed by atoms with Crippen LogP contribution >= 0.6 is 35.3 Å². The van der Waals surface area contributed by atoms with Crippen LogP contribution in [0.1, 0.15) is 17.5 Å². The van der Waals surface area contributed by atoms with Gasteiger partial charge in [0.15, 0.2) is 5.13 Å². The van der Waals surface area contributed by atoms with Gasteiger partial charge in [-0.2, -0.15) is 0 Å². The first-order valence-electron chi connectivity index (χ1n) is 9.10. The minimum atomic E-state index is -0.308. The second-order valence-electron chi connectivity index (χ2n) is 7.02. The van der Waals surface area contributed by atoms with Gasteiger partial charge in [0.25, 0.3) is 0 Å². The SMILES string of the molecule is Cc1c(Cl)ccc2sc(N(CCCN(C)C)C(=O)Cc3ccc(F)cc3)nc12.Cl. The van der Waals surface area contributed by atoms with E-state index in [9.17, 15) is 9.18 Å². The summed E-state index contributed by atoms with van der Waals surface area (Å²) in [4.78, 5) is 21.6. The zero-order valence-electron chi connectivity index (χ0n) is 16.6. The Morgan fingerprint density at radius 3 is 2.48 bits per heavy atom. The summed E-state index contributed by atoms with van der Waals surface area (Å²) in [6.45, 7) is 3.38. The summed E-state index contributed by atoms with van der Waals surface area (Å²) in [5, 5.41) is 1.34. The van der Waals surface area contributed by atoms with Crippen LogP contribution in [0.2, 0.25) is 5.02 Å². The first kappa shape index (κ1) is 23.5. The maximum absolute atomic E-state index is 13.2. The number of halogens is 3. The van der Waals surface area contributed by atoms with Gasteiger partial charge in [0.2, 0.25) is 5.91 Å². The van der Waals surface area contributed by atoms with Gasteiger partial charge < -0.3 is 4.90 Å². The highest BCUT2D eigenvalue weighted by Gasteiger charge is 2.21. The summed E-state index contributed by atoms with van der Waals surface area (Å²) in [6.07, 6.45) is 1.04. The van der Waals surface area contributed by atoms with Crippen molar-refractivity contribution < 1.29 is 9.18 Å². The van der Waals surface area contributed by atoms with Crippen LogP contribution in [0, 0.1) is 12.7 Å². The monoisotopic (exact) mass is 455 g/mol. The van der Waals surface area contributed by atoms with E-state index in [0.29, 0.717) is 16.7 Å².